The second-order valence-corrected chi connectivity index (χ2v) is 8.92. The number of furan rings is 1. The molecule has 1 aliphatic heterocycles. The largest absolute Gasteiger partial charge is 0.491 e. The van der Waals surface area contributed by atoms with Crippen molar-refractivity contribution < 1.29 is 36.7 Å². The molecule has 0 saturated heterocycles. The van der Waals surface area contributed by atoms with E-state index in [0.29, 0.717) is 11.3 Å². The van der Waals surface area contributed by atoms with Crippen LogP contribution in [0.2, 0.25) is 0 Å². The minimum Gasteiger partial charge on any atom is -0.478 e. The van der Waals surface area contributed by atoms with Gasteiger partial charge < -0.3 is 24.1 Å². The van der Waals surface area contributed by atoms with Gasteiger partial charge in [0.15, 0.2) is 17.2 Å². The van der Waals surface area contributed by atoms with Crippen LogP contribution in [0.25, 0.3) is 17.0 Å². The molecule has 11 heteroatoms. The molecule has 1 unspecified atom stereocenters. The Kier molecular flexibility index (Phi) is 6.42. The van der Waals surface area contributed by atoms with Crippen LogP contribution in [0.4, 0.5) is 19.0 Å². The van der Waals surface area contributed by atoms with Crippen LogP contribution in [0.3, 0.4) is 0 Å². The molecule has 0 fully saturated rings. The Morgan fingerprint density at radius 1 is 1.28 bits per heavy atom. The predicted molar refractivity (Wildman–Crippen MR) is 125 cm³/mol. The number of aryl methyl sites for hydroxylation is 1. The molecular formula is C25H24F3N3O5. The number of anilines is 1. The number of fused-ring (bicyclic) bond motifs is 2. The van der Waals surface area contributed by atoms with E-state index in [4.69, 9.17) is 9.15 Å². The molecule has 8 nitrogen and oxygen atoms in total. The second kappa shape index (κ2) is 9.21. The van der Waals surface area contributed by atoms with Crippen LogP contribution in [-0.4, -0.2) is 46.8 Å². The van der Waals surface area contributed by atoms with Gasteiger partial charge in [0.2, 0.25) is 12.1 Å². The Morgan fingerprint density at radius 2 is 2.00 bits per heavy atom. The van der Waals surface area contributed by atoms with Crippen molar-refractivity contribution in [3.05, 3.63) is 59.5 Å². The smallest absolute Gasteiger partial charge is 0.478 e. The zero-order chi connectivity index (χ0) is 26.3. The van der Waals surface area contributed by atoms with Crippen molar-refractivity contribution in [2.75, 3.05) is 12.4 Å². The maximum absolute atomic E-state index is 12.7. The minimum absolute atomic E-state index is 0.107. The fraction of sp³-hybridized carbons (Fsp3) is 0.320. The SMILES string of the molecule is Cc1c(CN(C)C(=O)/C=C/c2cnc3c(c2)OC(C)(C)C(OC(=O)C(F)(F)F)N3)oc2ccccc12. The van der Waals surface area contributed by atoms with Crippen molar-refractivity contribution in [2.24, 2.45) is 0 Å². The van der Waals surface area contributed by atoms with Crippen molar-refractivity contribution in [1.82, 2.24) is 9.88 Å². The lowest BCUT2D eigenvalue weighted by molar-refractivity contribution is -0.210. The molecule has 1 N–H and O–H groups in total. The first-order valence-corrected chi connectivity index (χ1v) is 11.0. The number of pyridine rings is 1. The molecule has 4 rings (SSSR count). The molecule has 0 radical (unpaired) electrons. The zero-order valence-corrected chi connectivity index (χ0v) is 20.0. The van der Waals surface area contributed by atoms with Crippen LogP contribution in [0.1, 0.15) is 30.7 Å². The summed E-state index contributed by atoms with van der Waals surface area (Å²) in [4.78, 5) is 29.6. The van der Waals surface area contributed by atoms with E-state index in [0.717, 1.165) is 16.5 Å². The van der Waals surface area contributed by atoms with Crippen molar-refractivity contribution in [2.45, 2.75) is 45.3 Å². The van der Waals surface area contributed by atoms with Gasteiger partial charge in [0.05, 0.1) is 6.54 Å². The van der Waals surface area contributed by atoms with Gasteiger partial charge in [-0.25, -0.2) is 9.78 Å². The number of hydrogen-bond acceptors (Lipinski definition) is 7. The van der Waals surface area contributed by atoms with Gasteiger partial charge in [-0.2, -0.15) is 13.2 Å². The third-order valence-corrected chi connectivity index (χ3v) is 5.72. The number of alkyl halides is 3. The highest BCUT2D eigenvalue weighted by Gasteiger charge is 2.47. The summed E-state index contributed by atoms with van der Waals surface area (Å²) in [6, 6.07) is 9.22. The van der Waals surface area contributed by atoms with E-state index in [2.05, 4.69) is 15.0 Å². The van der Waals surface area contributed by atoms with Gasteiger partial charge in [-0.1, -0.05) is 18.2 Å². The van der Waals surface area contributed by atoms with Crippen LogP contribution < -0.4 is 10.1 Å². The standard InChI is InChI=1S/C25H24F3N3O5/c1-14-16-7-5-6-8-17(16)34-19(14)13-31(4)20(32)10-9-15-11-18-21(29-12-15)30-22(24(2,3)36-18)35-23(33)25(26,27)28/h5-12,22H,13H2,1-4H3,(H,29,30)/b10-9+. The fourth-order valence-electron chi connectivity index (χ4n) is 3.68. The number of carbonyl (C=O) groups is 2. The van der Waals surface area contributed by atoms with E-state index in [1.807, 2.05) is 31.2 Å². The number of halogens is 3. The summed E-state index contributed by atoms with van der Waals surface area (Å²) in [7, 11) is 1.66. The third-order valence-electron chi connectivity index (χ3n) is 5.72. The molecule has 190 valence electrons. The average Bonchev–Trinajstić information content (AvgIpc) is 3.12. The number of benzene rings is 1. The van der Waals surface area contributed by atoms with Crippen LogP contribution in [-0.2, 0) is 20.9 Å². The Bertz CT molecular complexity index is 1350. The Balaban J connectivity index is 1.44. The first-order chi connectivity index (χ1) is 16.8. The number of para-hydroxylation sites is 1. The molecule has 3 heterocycles. The average molecular weight is 503 g/mol. The fourth-order valence-corrected chi connectivity index (χ4v) is 3.68. The lowest BCUT2D eigenvalue weighted by Gasteiger charge is -2.39. The quantitative estimate of drug-likeness (QED) is 0.394. The number of likely N-dealkylation sites (N-methyl/N-ethyl adjacent to an activating group) is 1. The monoisotopic (exact) mass is 503 g/mol. The van der Waals surface area contributed by atoms with Gasteiger partial charge in [0.1, 0.15) is 11.3 Å². The van der Waals surface area contributed by atoms with Gasteiger partial charge in [-0.15, -0.1) is 0 Å². The summed E-state index contributed by atoms with van der Waals surface area (Å²) >= 11 is 0. The summed E-state index contributed by atoms with van der Waals surface area (Å²) in [5.41, 5.74) is 0.935. The molecule has 1 atom stereocenters. The summed E-state index contributed by atoms with van der Waals surface area (Å²) in [5, 5.41) is 3.65. The van der Waals surface area contributed by atoms with Gasteiger partial charge in [0, 0.05) is 30.3 Å². The third kappa shape index (κ3) is 5.14. The Labute approximate surface area is 204 Å². The molecule has 1 aromatic carbocycles. The first-order valence-electron chi connectivity index (χ1n) is 11.0. The summed E-state index contributed by atoms with van der Waals surface area (Å²) in [5.74, 6) is -1.57. The van der Waals surface area contributed by atoms with Crippen molar-refractivity contribution in [3.8, 4) is 5.75 Å². The number of rotatable bonds is 5. The number of ether oxygens (including phenoxy) is 2. The van der Waals surface area contributed by atoms with E-state index in [-0.39, 0.29) is 24.0 Å². The topological polar surface area (TPSA) is 93.9 Å². The van der Waals surface area contributed by atoms with E-state index in [1.165, 1.54) is 31.0 Å². The zero-order valence-electron chi connectivity index (χ0n) is 20.0. The number of nitrogens with one attached hydrogen (secondary N) is 1. The van der Waals surface area contributed by atoms with Crippen LogP contribution in [0, 0.1) is 6.92 Å². The number of hydrogen-bond donors (Lipinski definition) is 1. The molecule has 0 spiro atoms. The molecule has 0 aliphatic carbocycles. The van der Waals surface area contributed by atoms with Gasteiger partial charge in [-0.05, 0) is 44.5 Å². The van der Waals surface area contributed by atoms with Gasteiger partial charge >= 0.3 is 12.1 Å². The molecule has 3 aromatic rings. The predicted octanol–water partition coefficient (Wildman–Crippen LogP) is 4.82. The Morgan fingerprint density at radius 3 is 2.69 bits per heavy atom. The highest BCUT2D eigenvalue weighted by molar-refractivity contribution is 5.92. The molecule has 2 aromatic heterocycles. The Hall–Kier alpha value is -4.02. The highest BCUT2D eigenvalue weighted by Crippen LogP contribution is 2.36. The minimum atomic E-state index is -5.14. The lowest BCUT2D eigenvalue weighted by Crippen LogP contribution is -2.53. The second-order valence-electron chi connectivity index (χ2n) is 8.92. The van der Waals surface area contributed by atoms with E-state index in [1.54, 1.807) is 19.2 Å². The number of nitrogens with zero attached hydrogens (tertiary/aromatic N) is 2. The molecule has 0 saturated carbocycles. The number of aromatic nitrogens is 1. The molecule has 36 heavy (non-hydrogen) atoms. The number of amides is 1. The highest BCUT2D eigenvalue weighted by atomic mass is 19.4. The molecular weight excluding hydrogens is 479 g/mol. The molecule has 0 bridgehead atoms. The van der Waals surface area contributed by atoms with Crippen molar-refractivity contribution in [3.63, 3.8) is 0 Å². The lowest BCUT2D eigenvalue weighted by atomic mass is 10.1. The summed E-state index contributed by atoms with van der Waals surface area (Å²) in [6.45, 7) is 5.17. The van der Waals surface area contributed by atoms with Crippen LogP contribution >= 0.6 is 0 Å². The first kappa shape index (κ1) is 25.1. The maximum atomic E-state index is 12.7. The molecule has 1 amide bonds. The van der Waals surface area contributed by atoms with E-state index >= 15 is 0 Å². The van der Waals surface area contributed by atoms with E-state index < -0.39 is 24.0 Å². The maximum Gasteiger partial charge on any atom is 0.491 e. The van der Waals surface area contributed by atoms with E-state index in [9.17, 15) is 22.8 Å². The van der Waals surface area contributed by atoms with Gasteiger partial charge in [-0.3, -0.25) is 4.79 Å². The number of esters is 1. The summed E-state index contributed by atoms with van der Waals surface area (Å²) < 4.78 is 53.9. The van der Waals surface area contributed by atoms with Gasteiger partial charge in [0.25, 0.3) is 0 Å². The summed E-state index contributed by atoms with van der Waals surface area (Å²) in [6.07, 6.45) is -2.22. The van der Waals surface area contributed by atoms with Crippen LogP contribution in [0.15, 0.2) is 47.0 Å². The number of carbonyl (C=O) groups excluding carboxylic acids is 2. The van der Waals surface area contributed by atoms with Crippen LogP contribution in [0.5, 0.6) is 5.75 Å². The van der Waals surface area contributed by atoms with Crippen molar-refractivity contribution in [1.29, 1.82) is 0 Å². The molecule has 1 aliphatic rings. The normalized spacial score (nSPS) is 16.8. The van der Waals surface area contributed by atoms with Crippen molar-refractivity contribution >= 4 is 34.7 Å².